The van der Waals surface area contributed by atoms with Gasteiger partial charge in [0.25, 0.3) is 5.91 Å². The summed E-state index contributed by atoms with van der Waals surface area (Å²) in [5.74, 6) is -0.692. The number of hydrogen-bond acceptors (Lipinski definition) is 4. The topological polar surface area (TPSA) is 108 Å². The standard InChI is InChI=1S/C18H17N3O4/c1-18(16(24)20-17(25)21-18)12-6-4-7-13(10-12)19-15(23)9-11-5-2-3-8-14(11)22/h2-8,10,22H,9H2,1H3,(H,19,23)(H2,20,21,24,25). The van der Waals surface area contributed by atoms with Gasteiger partial charge in [0.15, 0.2) is 0 Å². The summed E-state index contributed by atoms with van der Waals surface area (Å²) in [4.78, 5) is 35.6. The zero-order chi connectivity index (χ0) is 18.0. The molecule has 1 fully saturated rings. The third kappa shape index (κ3) is 3.30. The first-order valence-electron chi connectivity index (χ1n) is 7.69. The smallest absolute Gasteiger partial charge is 0.322 e. The predicted octanol–water partition coefficient (Wildman–Crippen LogP) is 1.63. The van der Waals surface area contributed by atoms with Crippen molar-refractivity contribution in [2.45, 2.75) is 18.9 Å². The molecular formula is C18H17N3O4. The van der Waals surface area contributed by atoms with Crippen molar-refractivity contribution in [3.63, 3.8) is 0 Å². The number of urea groups is 1. The van der Waals surface area contributed by atoms with Crippen LogP contribution in [0.4, 0.5) is 10.5 Å². The van der Waals surface area contributed by atoms with Gasteiger partial charge < -0.3 is 15.7 Å². The molecular weight excluding hydrogens is 322 g/mol. The SMILES string of the molecule is CC1(c2cccc(NC(=O)Cc3ccccc3O)c2)NC(=O)NC1=O. The lowest BCUT2D eigenvalue weighted by Crippen LogP contribution is -2.40. The third-order valence-electron chi connectivity index (χ3n) is 4.11. The van der Waals surface area contributed by atoms with E-state index >= 15 is 0 Å². The van der Waals surface area contributed by atoms with E-state index in [1.54, 1.807) is 49.4 Å². The van der Waals surface area contributed by atoms with Gasteiger partial charge in [-0.15, -0.1) is 0 Å². The monoisotopic (exact) mass is 339 g/mol. The van der Waals surface area contributed by atoms with Gasteiger partial charge in [0.1, 0.15) is 11.3 Å². The molecule has 0 bridgehead atoms. The Labute approximate surface area is 144 Å². The van der Waals surface area contributed by atoms with Crippen molar-refractivity contribution in [3.05, 3.63) is 59.7 Å². The van der Waals surface area contributed by atoms with Gasteiger partial charge in [0.05, 0.1) is 6.42 Å². The second kappa shape index (κ2) is 6.27. The summed E-state index contributed by atoms with van der Waals surface area (Å²) in [6, 6.07) is 12.8. The number of para-hydroxylation sites is 1. The molecule has 2 aromatic carbocycles. The number of carbonyl (C=O) groups excluding carboxylic acids is 3. The number of aromatic hydroxyl groups is 1. The van der Waals surface area contributed by atoms with Crippen LogP contribution in [0.2, 0.25) is 0 Å². The normalized spacial score (nSPS) is 19.2. The summed E-state index contributed by atoms with van der Waals surface area (Å²) in [5, 5.41) is 17.2. The van der Waals surface area contributed by atoms with Crippen molar-refractivity contribution >= 4 is 23.5 Å². The van der Waals surface area contributed by atoms with Crippen LogP contribution in [0.25, 0.3) is 0 Å². The summed E-state index contributed by atoms with van der Waals surface area (Å²) < 4.78 is 0. The molecule has 0 saturated carbocycles. The first-order valence-corrected chi connectivity index (χ1v) is 7.69. The fraction of sp³-hybridized carbons (Fsp3) is 0.167. The first kappa shape index (κ1) is 16.5. The number of imide groups is 1. The average molecular weight is 339 g/mol. The van der Waals surface area contributed by atoms with Crippen molar-refractivity contribution in [3.8, 4) is 5.75 Å². The Morgan fingerprint density at radius 2 is 1.92 bits per heavy atom. The van der Waals surface area contributed by atoms with E-state index in [9.17, 15) is 19.5 Å². The number of rotatable bonds is 4. The molecule has 128 valence electrons. The van der Waals surface area contributed by atoms with Crippen LogP contribution in [0.5, 0.6) is 5.75 Å². The molecule has 0 radical (unpaired) electrons. The molecule has 0 spiro atoms. The first-order chi connectivity index (χ1) is 11.9. The lowest BCUT2D eigenvalue weighted by Gasteiger charge is -2.21. The molecule has 7 nitrogen and oxygen atoms in total. The highest BCUT2D eigenvalue weighted by atomic mass is 16.3. The van der Waals surface area contributed by atoms with Crippen molar-refractivity contribution in [2.24, 2.45) is 0 Å². The molecule has 4 N–H and O–H groups in total. The number of phenols is 1. The number of amides is 4. The average Bonchev–Trinajstić information content (AvgIpc) is 2.83. The van der Waals surface area contributed by atoms with E-state index in [4.69, 9.17) is 0 Å². The van der Waals surface area contributed by atoms with Gasteiger partial charge in [-0.25, -0.2) is 4.79 Å². The molecule has 3 rings (SSSR count). The van der Waals surface area contributed by atoms with Crippen LogP contribution in [-0.2, 0) is 21.5 Å². The molecule has 25 heavy (non-hydrogen) atoms. The minimum absolute atomic E-state index is 0.0192. The maximum absolute atomic E-state index is 12.2. The Kier molecular flexibility index (Phi) is 4.14. The van der Waals surface area contributed by atoms with Crippen LogP contribution in [0.1, 0.15) is 18.1 Å². The lowest BCUT2D eigenvalue weighted by atomic mass is 9.92. The van der Waals surface area contributed by atoms with Crippen molar-refractivity contribution < 1.29 is 19.5 Å². The zero-order valence-corrected chi connectivity index (χ0v) is 13.5. The molecule has 4 amide bonds. The van der Waals surface area contributed by atoms with Crippen molar-refractivity contribution in [1.29, 1.82) is 0 Å². The maximum Gasteiger partial charge on any atom is 0.322 e. The predicted molar refractivity (Wildman–Crippen MR) is 90.9 cm³/mol. The lowest BCUT2D eigenvalue weighted by molar-refractivity contribution is -0.123. The van der Waals surface area contributed by atoms with E-state index in [1.165, 1.54) is 6.07 Å². The van der Waals surface area contributed by atoms with Crippen LogP contribution in [0.3, 0.4) is 0 Å². The molecule has 7 heteroatoms. The van der Waals surface area contributed by atoms with Crippen LogP contribution >= 0.6 is 0 Å². The van der Waals surface area contributed by atoms with Gasteiger partial charge in [-0.3, -0.25) is 14.9 Å². The van der Waals surface area contributed by atoms with E-state index < -0.39 is 17.5 Å². The van der Waals surface area contributed by atoms with Gasteiger partial charge in [0.2, 0.25) is 5.91 Å². The van der Waals surface area contributed by atoms with Gasteiger partial charge in [0, 0.05) is 11.3 Å². The van der Waals surface area contributed by atoms with Crippen LogP contribution < -0.4 is 16.0 Å². The van der Waals surface area contributed by atoms with Gasteiger partial charge >= 0.3 is 6.03 Å². The largest absolute Gasteiger partial charge is 0.508 e. The molecule has 0 aromatic heterocycles. The van der Waals surface area contributed by atoms with E-state index in [1.807, 2.05) is 0 Å². The molecule has 1 saturated heterocycles. The third-order valence-corrected chi connectivity index (χ3v) is 4.11. The minimum atomic E-state index is -1.19. The second-order valence-electron chi connectivity index (χ2n) is 5.97. The molecule has 1 atom stereocenters. The summed E-state index contributed by atoms with van der Waals surface area (Å²) in [6.07, 6.45) is 0.0192. The van der Waals surface area contributed by atoms with Crippen molar-refractivity contribution in [1.82, 2.24) is 10.6 Å². The number of benzene rings is 2. The quantitative estimate of drug-likeness (QED) is 0.635. The highest BCUT2D eigenvalue weighted by Gasteiger charge is 2.43. The molecule has 1 unspecified atom stereocenters. The van der Waals surface area contributed by atoms with Gasteiger partial charge in [-0.2, -0.15) is 0 Å². The van der Waals surface area contributed by atoms with Crippen molar-refractivity contribution in [2.75, 3.05) is 5.32 Å². The number of anilines is 1. The Hall–Kier alpha value is -3.35. The van der Waals surface area contributed by atoms with Gasteiger partial charge in [-0.1, -0.05) is 30.3 Å². The molecule has 0 aliphatic carbocycles. The van der Waals surface area contributed by atoms with Crippen LogP contribution in [-0.4, -0.2) is 23.0 Å². The Balaban J connectivity index is 1.76. The fourth-order valence-corrected chi connectivity index (χ4v) is 2.69. The summed E-state index contributed by atoms with van der Waals surface area (Å²) >= 11 is 0. The van der Waals surface area contributed by atoms with E-state index in [0.717, 1.165) is 0 Å². The second-order valence-corrected chi connectivity index (χ2v) is 5.97. The van der Waals surface area contributed by atoms with E-state index in [-0.39, 0.29) is 18.1 Å². The number of carbonyl (C=O) groups is 3. The van der Waals surface area contributed by atoms with E-state index in [0.29, 0.717) is 16.8 Å². The molecule has 1 heterocycles. The van der Waals surface area contributed by atoms with Crippen LogP contribution in [0, 0.1) is 0 Å². The maximum atomic E-state index is 12.2. The zero-order valence-electron chi connectivity index (χ0n) is 13.5. The molecule has 1 aliphatic heterocycles. The summed E-state index contributed by atoms with van der Waals surface area (Å²) in [6.45, 7) is 1.59. The Morgan fingerprint density at radius 1 is 1.16 bits per heavy atom. The van der Waals surface area contributed by atoms with E-state index in [2.05, 4.69) is 16.0 Å². The summed E-state index contributed by atoms with van der Waals surface area (Å²) in [7, 11) is 0. The Bertz CT molecular complexity index is 865. The highest BCUT2D eigenvalue weighted by Crippen LogP contribution is 2.26. The number of phenolic OH excluding ortho intramolecular Hbond substituents is 1. The van der Waals surface area contributed by atoms with Gasteiger partial charge in [-0.05, 0) is 30.7 Å². The fourth-order valence-electron chi connectivity index (χ4n) is 2.69. The number of hydrogen-bond donors (Lipinski definition) is 4. The Morgan fingerprint density at radius 3 is 2.60 bits per heavy atom. The molecule has 2 aromatic rings. The highest BCUT2D eigenvalue weighted by molar-refractivity contribution is 6.07. The summed E-state index contributed by atoms with van der Waals surface area (Å²) in [5.41, 5.74) is 0.380. The van der Waals surface area contributed by atoms with Crippen LogP contribution in [0.15, 0.2) is 48.5 Å². The molecule has 1 aliphatic rings. The number of nitrogens with one attached hydrogen (secondary N) is 3. The minimum Gasteiger partial charge on any atom is -0.508 e.